The van der Waals surface area contributed by atoms with Crippen molar-refractivity contribution >= 4 is 51.7 Å². The van der Waals surface area contributed by atoms with E-state index in [2.05, 4.69) is 4.74 Å². The van der Waals surface area contributed by atoms with Crippen molar-refractivity contribution in [2.45, 2.75) is 13.5 Å². The van der Waals surface area contributed by atoms with Gasteiger partial charge in [0.25, 0.3) is 11.6 Å². The highest BCUT2D eigenvalue weighted by molar-refractivity contribution is 8.27. The van der Waals surface area contributed by atoms with Crippen molar-refractivity contribution in [3.63, 3.8) is 0 Å². The number of nitro benzene ring substituents is 1. The fraction of sp³-hybridized carbons (Fsp3) is 0.158. The molecule has 7 nitrogen and oxygen atoms in total. The van der Waals surface area contributed by atoms with E-state index >= 15 is 0 Å². The number of thioether (sulfide) groups is 1. The molecule has 11 heteroatoms. The van der Waals surface area contributed by atoms with Gasteiger partial charge in [0.15, 0.2) is 15.8 Å². The second-order valence-corrected chi connectivity index (χ2v) is 7.49. The standard InChI is InChI=1S/C19H14F2N2O5S2/c1-2-27-15-8-11(6-7-14(15)28-18(20)21)9-16-17(24)22(19(29)30-16)12-4-3-5-13(10-12)23(25)26/h3-10,18H,2H2,1H3/b16-9+. The van der Waals surface area contributed by atoms with Crippen LogP contribution in [0, 0.1) is 10.1 Å². The lowest BCUT2D eigenvalue weighted by atomic mass is 10.1. The Morgan fingerprint density at radius 3 is 2.70 bits per heavy atom. The Morgan fingerprint density at radius 1 is 1.27 bits per heavy atom. The third-order valence-electron chi connectivity index (χ3n) is 3.87. The highest BCUT2D eigenvalue weighted by Crippen LogP contribution is 2.38. The van der Waals surface area contributed by atoms with Crippen molar-refractivity contribution in [2.75, 3.05) is 11.5 Å². The molecular formula is C19H14F2N2O5S2. The van der Waals surface area contributed by atoms with Gasteiger partial charge in [0.05, 0.1) is 22.1 Å². The lowest BCUT2D eigenvalue weighted by molar-refractivity contribution is -0.384. The molecule has 1 fully saturated rings. The molecule has 0 radical (unpaired) electrons. The topological polar surface area (TPSA) is 81.9 Å². The molecule has 2 aromatic carbocycles. The van der Waals surface area contributed by atoms with E-state index in [0.717, 1.165) is 11.8 Å². The molecule has 0 spiro atoms. The summed E-state index contributed by atoms with van der Waals surface area (Å²) in [5.41, 5.74) is 0.631. The Kier molecular flexibility index (Phi) is 6.63. The summed E-state index contributed by atoms with van der Waals surface area (Å²) in [6, 6.07) is 9.88. The number of alkyl halides is 2. The molecule has 0 unspecified atom stereocenters. The van der Waals surface area contributed by atoms with Crippen molar-refractivity contribution in [3.05, 3.63) is 63.0 Å². The molecule has 0 atom stereocenters. The van der Waals surface area contributed by atoms with Gasteiger partial charge in [-0.15, -0.1) is 0 Å². The lowest BCUT2D eigenvalue weighted by Crippen LogP contribution is -2.27. The number of carbonyl (C=O) groups excluding carboxylic acids is 1. The highest BCUT2D eigenvalue weighted by atomic mass is 32.2. The van der Waals surface area contributed by atoms with Crippen LogP contribution in [-0.4, -0.2) is 28.4 Å². The maximum atomic E-state index is 12.8. The first-order valence-corrected chi connectivity index (χ1v) is 9.76. The molecule has 1 aliphatic rings. The number of amides is 1. The number of nitrogens with zero attached hydrogens (tertiary/aromatic N) is 2. The number of non-ortho nitro benzene ring substituents is 1. The molecule has 3 rings (SSSR count). The van der Waals surface area contributed by atoms with Crippen LogP contribution in [0.5, 0.6) is 11.5 Å². The molecule has 1 aliphatic heterocycles. The van der Waals surface area contributed by atoms with Crippen molar-refractivity contribution in [2.24, 2.45) is 0 Å². The summed E-state index contributed by atoms with van der Waals surface area (Å²) in [4.78, 5) is 24.8. The van der Waals surface area contributed by atoms with Gasteiger partial charge >= 0.3 is 6.61 Å². The minimum atomic E-state index is -3.00. The van der Waals surface area contributed by atoms with Crippen molar-refractivity contribution in [1.82, 2.24) is 0 Å². The zero-order chi connectivity index (χ0) is 21.8. The molecule has 1 amide bonds. The van der Waals surface area contributed by atoms with Gasteiger partial charge in [-0.1, -0.05) is 36.1 Å². The number of benzene rings is 2. The number of hydrogen-bond acceptors (Lipinski definition) is 7. The maximum absolute atomic E-state index is 12.8. The Bertz CT molecular complexity index is 1050. The van der Waals surface area contributed by atoms with E-state index in [-0.39, 0.29) is 38.7 Å². The molecule has 1 saturated heterocycles. The lowest BCUT2D eigenvalue weighted by Gasteiger charge is -2.14. The minimum Gasteiger partial charge on any atom is -0.490 e. The molecule has 0 N–H and O–H groups in total. The number of nitro groups is 1. The van der Waals surface area contributed by atoms with Crippen LogP contribution in [0.1, 0.15) is 12.5 Å². The zero-order valence-electron chi connectivity index (χ0n) is 15.4. The molecule has 0 aromatic heterocycles. The van der Waals surface area contributed by atoms with E-state index in [9.17, 15) is 23.7 Å². The summed E-state index contributed by atoms with van der Waals surface area (Å²) in [5, 5.41) is 11.0. The second kappa shape index (κ2) is 9.18. The summed E-state index contributed by atoms with van der Waals surface area (Å²) in [6.07, 6.45) is 1.53. The molecule has 30 heavy (non-hydrogen) atoms. The van der Waals surface area contributed by atoms with E-state index in [0.29, 0.717) is 5.56 Å². The van der Waals surface area contributed by atoms with Crippen LogP contribution in [-0.2, 0) is 4.79 Å². The Hall–Kier alpha value is -3.05. The Labute approximate surface area is 179 Å². The van der Waals surface area contributed by atoms with Crippen molar-refractivity contribution < 1.29 is 28.0 Å². The van der Waals surface area contributed by atoms with Gasteiger partial charge in [-0.05, 0) is 36.8 Å². The van der Waals surface area contributed by atoms with Crippen LogP contribution >= 0.6 is 24.0 Å². The zero-order valence-corrected chi connectivity index (χ0v) is 17.0. The van der Waals surface area contributed by atoms with Crippen LogP contribution in [0.3, 0.4) is 0 Å². The van der Waals surface area contributed by atoms with Crippen molar-refractivity contribution in [3.8, 4) is 11.5 Å². The molecule has 0 bridgehead atoms. The van der Waals surface area contributed by atoms with Gasteiger partial charge in [-0.2, -0.15) is 8.78 Å². The van der Waals surface area contributed by atoms with Crippen LogP contribution in [0.4, 0.5) is 20.2 Å². The Balaban J connectivity index is 1.91. The monoisotopic (exact) mass is 452 g/mol. The number of halogens is 2. The van der Waals surface area contributed by atoms with Gasteiger partial charge < -0.3 is 9.47 Å². The minimum absolute atomic E-state index is 0.112. The number of anilines is 1. The summed E-state index contributed by atoms with van der Waals surface area (Å²) in [5.74, 6) is -0.453. The summed E-state index contributed by atoms with van der Waals surface area (Å²) < 4.78 is 35.1. The first kappa shape index (κ1) is 21.7. The average molecular weight is 452 g/mol. The van der Waals surface area contributed by atoms with Crippen LogP contribution < -0.4 is 14.4 Å². The van der Waals surface area contributed by atoms with Gasteiger partial charge in [0, 0.05) is 12.1 Å². The molecule has 0 aliphatic carbocycles. The van der Waals surface area contributed by atoms with E-state index in [1.54, 1.807) is 13.0 Å². The normalized spacial score (nSPS) is 15.2. The quantitative estimate of drug-likeness (QED) is 0.253. The Morgan fingerprint density at radius 2 is 2.03 bits per heavy atom. The fourth-order valence-electron chi connectivity index (χ4n) is 2.66. The predicted molar refractivity (Wildman–Crippen MR) is 113 cm³/mol. The number of thiocarbonyl (C=S) groups is 1. The highest BCUT2D eigenvalue weighted by Gasteiger charge is 2.34. The van der Waals surface area contributed by atoms with Gasteiger partial charge in [-0.25, -0.2) is 0 Å². The second-order valence-electron chi connectivity index (χ2n) is 5.81. The molecule has 156 valence electrons. The largest absolute Gasteiger partial charge is 0.490 e. The number of rotatable bonds is 7. The summed E-state index contributed by atoms with van der Waals surface area (Å²) in [6.45, 7) is -1.07. The third kappa shape index (κ3) is 4.74. The van der Waals surface area contributed by atoms with Crippen LogP contribution in [0.25, 0.3) is 6.08 Å². The molecule has 1 heterocycles. The molecule has 2 aromatic rings. The smallest absolute Gasteiger partial charge is 0.387 e. The van der Waals surface area contributed by atoms with E-state index in [1.165, 1.54) is 47.4 Å². The van der Waals surface area contributed by atoms with E-state index in [4.69, 9.17) is 17.0 Å². The first-order valence-electron chi connectivity index (χ1n) is 8.54. The van der Waals surface area contributed by atoms with Crippen LogP contribution in [0.15, 0.2) is 47.4 Å². The average Bonchev–Trinajstić information content (AvgIpc) is 2.97. The summed E-state index contributed by atoms with van der Waals surface area (Å²) in [7, 11) is 0. The fourth-order valence-corrected chi connectivity index (χ4v) is 3.96. The van der Waals surface area contributed by atoms with Crippen molar-refractivity contribution in [1.29, 1.82) is 0 Å². The third-order valence-corrected chi connectivity index (χ3v) is 5.18. The first-order chi connectivity index (χ1) is 14.3. The van der Waals surface area contributed by atoms with Gasteiger partial charge in [0.1, 0.15) is 0 Å². The van der Waals surface area contributed by atoms with E-state index < -0.39 is 17.4 Å². The van der Waals surface area contributed by atoms with Crippen LogP contribution in [0.2, 0.25) is 0 Å². The number of ether oxygens (including phenoxy) is 2. The number of carbonyl (C=O) groups is 1. The maximum Gasteiger partial charge on any atom is 0.387 e. The number of hydrogen-bond donors (Lipinski definition) is 0. The molecular weight excluding hydrogens is 438 g/mol. The van der Waals surface area contributed by atoms with Gasteiger partial charge in [0.2, 0.25) is 0 Å². The summed E-state index contributed by atoms with van der Waals surface area (Å²) >= 11 is 6.29. The van der Waals surface area contributed by atoms with E-state index in [1.807, 2.05) is 0 Å². The van der Waals surface area contributed by atoms with Gasteiger partial charge in [-0.3, -0.25) is 19.8 Å². The predicted octanol–water partition coefficient (Wildman–Crippen LogP) is 5.00. The molecule has 0 saturated carbocycles. The SMILES string of the molecule is CCOc1cc(/C=C2/SC(=S)N(c3cccc([N+](=O)[O-])c3)C2=O)ccc1OC(F)F.